The second kappa shape index (κ2) is 8.90. The molecule has 0 spiro atoms. The summed E-state index contributed by atoms with van der Waals surface area (Å²) in [5, 5.41) is 3.42. The van der Waals surface area contributed by atoms with E-state index in [2.05, 4.69) is 10.0 Å². The normalized spacial score (nSPS) is 11.2. The molecule has 0 saturated heterocycles. The van der Waals surface area contributed by atoms with Gasteiger partial charge in [-0.1, -0.05) is 41.9 Å². The van der Waals surface area contributed by atoms with Crippen LogP contribution in [-0.4, -0.2) is 14.3 Å². The number of hydrogen-bond donors (Lipinski definition) is 2. The van der Waals surface area contributed by atoms with Crippen molar-refractivity contribution in [1.29, 1.82) is 0 Å². The molecule has 3 aromatic rings. The maximum absolute atomic E-state index is 13.0. The van der Waals surface area contributed by atoms with Gasteiger partial charge in [0.05, 0.1) is 10.6 Å². The number of rotatable bonds is 6. The highest BCUT2D eigenvalue weighted by atomic mass is 35.5. The number of hydrogen-bond acceptors (Lipinski definition) is 3. The van der Waals surface area contributed by atoms with Gasteiger partial charge in [-0.15, -0.1) is 0 Å². The predicted molar refractivity (Wildman–Crippen MR) is 121 cm³/mol. The molecule has 0 unspecified atom stereocenters. The van der Waals surface area contributed by atoms with Gasteiger partial charge in [-0.25, -0.2) is 8.42 Å². The molecular formula is C23H23ClN2O3S. The summed E-state index contributed by atoms with van der Waals surface area (Å²) in [7, 11) is -3.86. The highest BCUT2D eigenvalue weighted by Crippen LogP contribution is 2.24. The molecule has 0 aromatic heterocycles. The second-order valence-corrected chi connectivity index (χ2v) is 9.30. The lowest BCUT2D eigenvalue weighted by Crippen LogP contribution is -2.23. The Morgan fingerprint density at radius 1 is 0.900 bits per heavy atom. The molecule has 0 atom stereocenters. The number of halogens is 1. The average molecular weight is 443 g/mol. The van der Waals surface area contributed by atoms with Gasteiger partial charge in [0.2, 0.25) is 0 Å². The maximum atomic E-state index is 13.0. The van der Waals surface area contributed by atoms with Gasteiger partial charge < -0.3 is 5.32 Å². The number of carbonyl (C=O) groups is 1. The monoisotopic (exact) mass is 442 g/mol. The zero-order valence-corrected chi connectivity index (χ0v) is 18.6. The van der Waals surface area contributed by atoms with Crippen molar-refractivity contribution in [1.82, 2.24) is 5.32 Å². The van der Waals surface area contributed by atoms with Crippen LogP contribution in [0.5, 0.6) is 0 Å². The molecule has 0 aliphatic rings. The van der Waals surface area contributed by atoms with E-state index in [4.69, 9.17) is 11.6 Å². The van der Waals surface area contributed by atoms with Crippen LogP contribution in [0.15, 0.2) is 65.6 Å². The largest absolute Gasteiger partial charge is 0.348 e. The summed E-state index contributed by atoms with van der Waals surface area (Å²) in [6.45, 7) is 5.75. The Morgan fingerprint density at radius 2 is 1.57 bits per heavy atom. The minimum Gasteiger partial charge on any atom is -0.348 e. The third-order valence-corrected chi connectivity index (χ3v) is 6.50. The summed E-state index contributed by atoms with van der Waals surface area (Å²) in [4.78, 5) is 12.7. The summed E-state index contributed by atoms with van der Waals surface area (Å²) in [6.07, 6.45) is 0. The fourth-order valence-electron chi connectivity index (χ4n) is 2.96. The highest BCUT2D eigenvalue weighted by Gasteiger charge is 2.20. The van der Waals surface area contributed by atoms with Gasteiger partial charge in [-0.2, -0.15) is 0 Å². The number of anilines is 1. The Labute approximate surface area is 182 Å². The number of carbonyl (C=O) groups excluding carboxylic acids is 1. The third-order valence-electron chi connectivity index (χ3n) is 4.74. The molecular weight excluding hydrogens is 420 g/mol. The zero-order valence-electron chi connectivity index (χ0n) is 17.0. The molecule has 0 bridgehead atoms. The van der Waals surface area contributed by atoms with Crippen LogP contribution in [0.2, 0.25) is 5.02 Å². The number of sulfonamides is 1. The van der Waals surface area contributed by atoms with Gasteiger partial charge in [-0.3, -0.25) is 9.52 Å². The zero-order chi connectivity index (χ0) is 21.9. The third kappa shape index (κ3) is 5.20. The van der Waals surface area contributed by atoms with E-state index in [1.54, 1.807) is 37.3 Å². The lowest BCUT2D eigenvalue weighted by molar-refractivity contribution is 0.0950. The number of aryl methyl sites for hydroxylation is 3. The summed E-state index contributed by atoms with van der Waals surface area (Å²) in [6, 6.07) is 17.4. The molecule has 2 N–H and O–H groups in total. The van der Waals surface area contributed by atoms with Gasteiger partial charge >= 0.3 is 0 Å². The van der Waals surface area contributed by atoms with E-state index in [0.717, 1.165) is 16.7 Å². The van der Waals surface area contributed by atoms with Gasteiger partial charge in [0, 0.05) is 17.1 Å². The smallest absolute Gasteiger partial charge is 0.262 e. The van der Waals surface area contributed by atoms with Crippen LogP contribution in [0.3, 0.4) is 0 Å². The molecule has 3 aromatic carbocycles. The molecule has 1 amide bonds. The number of amides is 1. The topological polar surface area (TPSA) is 75.3 Å². The molecule has 0 aliphatic heterocycles. The standard InChI is InChI=1S/C23H23ClN2O3S/c1-15-4-5-16(2)21(12-15)26-30(28,29)22-13-19(9-6-17(22)3)23(27)25-14-18-7-10-20(24)11-8-18/h4-13,26H,14H2,1-3H3,(H,25,27). The molecule has 5 nitrogen and oxygen atoms in total. The Bertz CT molecular complexity index is 1190. The van der Waals surface area contributed by atoms with Crippen molar-refractivity contribution in [3.63, 3.8) is 0 Å². The Morgan fingerprint density at radius 3 is 2.27 bits per heavy atom. The SMILES string of the molecule is Cc1ccc(C)c(NS(=O)(=O)c2cc(C(=O)NCc3ccc(Cl)cc3)ccc2C)c1. The van der Waals surface area contributed by atoms with Crippen LogP contribution in [0.4, 0.5) is 5.69 Å². The van der Waals surface area contributed by atoms with Crippen molar-refractivity contribution < 1.29 is 13.2 Å². The fraction of sp³-hybridized carbons (Fsp3) is 0.174. The van der Waals surface area contributed by atoms with E-state index in [0.29, 0.717) is 22.8 Å². The van der Waals surface area contributed by atoms with Crippen molar-refractivity contribution in [3.05, 3.63) is 93.5 Å². The Hall–Kier alpha value is -2.83. The van der Waals surface area contributed by atoms with Crippen molar-refractivity contribution >= 4 is 33.2 Å². The van der Waals surface area contributed by atoms with E-state index in [-0.39, 0.29) is 16.4 Å². The summed E-state index contributed by atoms with van der Waals surface area (Å²) in [5.41, 5.74) is 4.01. The molecule has 3 rings (SSSR count). The van der Waals surface area contributed by atoms with Gasteiger partial charge in [-0.05, 0) is 73.4 Å². The van der Waals surface area contributed by atoms with E-state index in [9.17, 15) is 13.2 Å². The molecule has 156 valence electrons. The first-order chi connectivity index (χ1) is 14.2. The van der Waals surface area contributed by atoms with E-state index in [1.165, 1.54) is 6.07 Å². The van der Waals surface area contributed by atoms with Crippen LogP contribution >= 0.6 is 11.6 Å². The van der Waals surface area contributed by atoms with Crippen molar-refractivity contribution in [2.75, 3.05) is 4.72 Å². The van der Waals surface area contributed by atoms with Gasteiger partial charge in [0.25, 0.3) is 15.9 Å². The number of nitrogens with one attached hydrogen (secondary N) is 2. The molecule has 0 fully saturated rings. The van der Waals surface area contributed by atoms with Crippen molar-refractivity contribution in [2.45, 2.75) is 32.2 Å². The first-order valence-corrected chi connectivity index (χ1v) is 11.3. The van der Waals surface area contributed by atoms with Gasteiger partial charge in [0.1, 0.15) is 0 Å². The first-order valence-electron chi connectivity index (χ1n) is 9.39. The molecule has 0 saturated carbocycles. The quantitative estimate of drug-likeness (QED) is 0.564. The van der Waals surface area contributed by atoms with Crippen LogP contribution in [-0.2, 0) is 16.6 Å². The van der Waals surface area contributed by atoms with Crippen LogP contribution in [0.25, 0.3) is 0 Å². The predicted octanol–water partition coefficient (Wildman–Crippen LogP) is 5.00. The van der Waals surface area contributed by atoms with E-state index >= 15 is 0 Å². The molecule has 7 heteroatoms. The first kappa shape index (κ1) is 21.9. The molecule has 0 radical (unpaired) electrons. The Kier molecular flexibility index (Phi) is 6.48. The van der Waals surface area contributed by atoms with E-state index < -0.39 is 10.0 Å². The van der Waals surface area contributed by atoms with Crippen LogP contribution in [0.1, 0.15) is 32.6 Å². The Balaban J connectivity index is 1.82. The lowest BCUT2D eigenvalue weighted by Gasteiger charge is -2.14. The molecule has 30 heavy (non-hydrogen) atoms. The van der Waals surface area contributed by atoms with E-state index in [1.807, 2.05) is 38.1 Å². The maximum Gasteiger partial charge on any atom is 0.262 e. The summed E-state index contributed by atoms with van der Waals surface area (Å²) >= 11 is 5.87. The highest BCUT2D eigenvalue weighted by molar-refractivity contribution is 7.92. The minimum absolute atomic E-state index is 0.0718. The van der Waals surface area contributed by atoms with Crippen molar-refractivity contribution in [2.24, 2.45) is 0 Å². The van der Waals surface area contributed by atoms with Crippen LogP contribution < -0.4 is 10.0 Å². The van der Waals surface area contributed by atoms with Crippen molar-refractivity contribution in [3.8, 4) is 0 Å². The van der Waals surface area contributed by atoms with Crippen LogP contribution in [0, 0.1) is 20.8 Å². The number of benzene rings is 3. The fourth-order valence-corrected chi connectivity index (χ4v) is 4.48. The van der Waals surface area contributed by atoms with Gasteiger partial charge in [0.15, 0.2) is 0 Å². The molecule has 0 aliphatic carbocycles. The minimum atomic E-state index is -3.86. The molecule has 0 heterocycles. The second-order valence-electron chi connectivity index (χ2n) is 7.21. The lowest BCUT2D eigenvalue weighted by atomic mass is 10.1. The average Bonchev–Trinajstić information content (AvgIpc) is 2.70. The summed E-state index contributed by atoms with van der Waals surface area (Å²) < 4.78 is 28.7. The summed E-state index contributed by atoms with van der Waals surface area (Å²) in [5.74, 6) is -0.354.